The van der Waals surface area contributed by atoms with E-state index in [-0.39, 0.29) is 11.5 Å². The van der Waals surface area contributed by atoms with E-state index in [1.54, 1.807) is 7.05 Å². The summed E-state index contributed by atoms with van der Waals surface area (Å²) in [6.45, 7) is 0.631. The molecule has 0 atom stereocenters. The van der Waals surface area contributed by atoms with Crippen molar-refractivity contribution in [2.45, 2.75) is 18.6 Å². The topological polar surface area (TPSA) is 30.5 Å². The van der Waals surface area contributed by atoms with Crippen LogP contribution in [0.1, 0.15) is 5.56 Å². The molecule has 100 valence electrons. The highest BCUT2D eigenvalue weighted by Crippen LogP contribution is 2.46. The Morgan fingerprint density at radius 3 is 2.28 bits per heavy atom. The van der Waals surface area contributed by atoms with Gasteiger partial charge in [-0.1, -0.05) is 6.07 Å². The Labute approximate surface area is 101 Å². The zero-order chi connectivity index (χ0) is 13.4. The maximum Gasteiger partial charge on any atom is 0.507 e. The standard InChI is InChI=1S/C11H11F4NO2/c1-16-5-4-7-2-3-8-9(6-7)18-11(14,15)10(12,13)17-8/h2-3,6,16H,4-5H2,1H3. The Morgan fingerprint density at radius 2 is 1.67 bits per heavy atom. The second-order valence-corrected chi connectivity index (χ2v) is 3.87. The van der Waals surface area contributed by atoms with Crippen molar-refractivity contribution in [3.8, 4) is 11.5 Å². The highest BCUT2D eigenvalue weighted by atomic mass is 19.3. The van der Waals surface area contributed by atoms with E-state index in [2.05, 4.69) is 14.8 Å². The Hall–Kier alpha value is -1.50. The van der Waals surface area contributed by atoms with Gasteiger partial charge in [0.1, 0.15) is 0 Å². The Morgan fingerprint density at radius 1 is 1.06 bits per heavy atom. The molecule has 0 aliphatic carbocycles. The molecule has 0 amide bonds. The van der Waals surface area contributed by atoms with E-state index in [1.165, 1.54) is 18.2 Å². The van der Waals surface area contributed by atoms with Crippen LogP contribution >= 0.6 is 0 Å². The van der Waals surface area contributed by atoms with Crippen molar-refractivity contribution in [1.29, 1.82) is 0 Å². The molecular weight excluding hydrogens is 254 g/mol. The number of likely N-dealkylation sites (N-methyl/N-ethyl adjacent to an activating group) is 1. The largest absolute Gasteiger partial charge is 0.507 e. The molecule has 0 unspecified atom stereocenters. The molecule has 2 rings (SSSR count). The minimum atomic E-state index is -4.67. The zero-order valence-electron chi connectivity index (χ0n) is 9.47. The van der Waals surface area contributed by atoms with Gasteiger partial charge in [0.2, 0.25) is 0 Å². The van der Waals surface area contributed by atoms with Gasteiger partial charge < -0.3 is 14.8 Å². The fourth-order valence-electron chi connectivity index (χ4n) is 1.54. The van der Waals surface area contributed by atoms with E-state index >= 15 is 0 Å². The van der Waals surface area contributed by atoms with E-state index in [1.807, 2.05) is 0 Å². The average Bonchev–Trinajstić information content (AvgIpc) is 2.27. The van der Waals surface area contributed by atoms with Gasteiger partial charge in [-0.05, 0) is 37.7 Å². The molecule has 0 bridgehead atoms. The van der Waals surface area contributed by atoms with Gasteiger partial charge in [0.15, 0.2) is 11.5 Å². The predicted octanol–water partition coefficient (Wildman–Crippen LogP) is 2.41. The third kappa shape index (κ3) is 2.22. The molecule has 0 saturated heterocycles. The summed E-state index contributed by atoms with van der Waals surface area (Å²) in [7, 11) is 1.74. The molecule has 1 aliphatic rings. The number of hydrogen-bond donors (Lipinski definition) is 1. The lowest BCUT2D eigenvalue weighted by Gasteiger charge is -2.31. The van der Waals surface area contributed by atoms with Gasteiger partial charge in [-0.2, -0.15) is 17.6 Å². The predicted molar refractivity (Wildman–Crippen MR) is 55.2 cm³/mol. The number of benzene rings is 1. The van der Waals surface area contributed by atoms with Crippen molar-refractivity contribution in [1.82, 2.24) is 5.32 Å². The van der Waals surface area contributed by atoms with E-state index in [0.717, 1.165) is 0 Å². The fraction of sp³-hybridized carbons (Fsp3) is 0.455. The first-order valence-corrected chi connectivity index (χ1v) is 5.27. The van der Waals surface area contributed by atoms with Gasteiger partial charge in [0, 0.05) is 0 Å². The van der Waals surface area contributed by atoms with E-state index < -0.39 is 12.2 Å². The summed E-state index contributed by atoms with van der Waals surface area (Å²) in [6.07, 6.45) is -8.76. The van der Waals surface area contributed by atoms with Crippen LogP contribution in [0.25, 0.3) is 0 Å². The fourth-order valence-corrected chi connectivity index (χ4v) is 1.54. The number of hydrogen-bond acceptors (Lipinski definition) is 3. The normalized spacial score (nSPS) is 19.6. The van der Waals surface area contributed by atoms with Gasteiger partial charge in [-0.3, -0.25) is 0 Å². The minimum Gasteiger partial charge on any atom is -0.421 e. The molecule has 0 fully saturated rings. The van der Waals surface area contributed by atoms with Crippen molar-refractivity contribution in [3.63, 3.8) is 0 Å². The Bertz CT molecular complexity index is 451. The van der Waals surface area contributed by atoms with E-state index in [9.17, 15) is 17.6 Å². The molecular formula is C11H11F4NO2. The van der Waals surface area contributed by atoms with Crippen molar-refractivity contribution in [2.75, 3.05) is 13.6 Å². The van der Waals surface area contributed by atoms with Crippen LogP contribution in [0.15, 0.2) is 18.2 Å². The van der Waals surface area contributed by atoms with Crippen molar-refractivity contribution in [3.05, 3.63) is 23.8 Å². The van der Waals surface area contributed by atoms with Crippen molar-refractivity contribution >= 4 is 0 Å². The quantitative estimate of drug-likeness (QED) is 0.851. The lowest BCUT2D eigenvalue weighted by molar-refractivity contribution is -0.391. The first-order valence-electron chi connectivity index (χ1n) is 5.27. The van der Waals surface area contributed by atoms with Crippen LogP contribution in [-0.4, -0.2) is 25.8 Å². The molecule has 1 heterocycles. The summed E-state index contributed by atoms with van der Waals surface area (Å²) in [4.78, 5) is 0. The summed E-state index contributed by atoms with van der Waals surface area (Å²) < 4.78 is 59.6. The van der Waals surface area contributed by atoms with Crippen LogP contribution in [0.5, 0.6) is 11.5 Å². The number of rotatable bonds is 3. The van der Waals surface area contributed by atoms with Gasteiger partial charge in [-0.25, -0.2) is 0 Å². The number of alkyl halides is 4. The third-order valence-electron chi connectivity index (χ3n) is 2.49. The number of halogens is 4. The SMILES string of the molecule is CNCCc1ccc2c(c1)OC(F)(F)C(F)(F)O2. The van der Waals surface area contributed by atoms with Gasteiger partial charge in [-0.15, -0.1) is 0 Å². The maximum absolute atomic E-state index is 12.9. The number of fused-ring (bicyclic) bond motifs is 1. The van der Waals surface area contributed by atoms with E-state index in [4.69, 9.17) is 0 Å². The van der Waals surface area contributed by atoms with E-state index in [0.29, 0.717) is 18.5 Å². The zero-order valence-corrected chi connectivity index (χ0v) is 9.47. The Kier molecular flexibility index (Phi) is 3.10. The number of ether oxygens (including phenoxy) is 2. The molecule has 1 N–H and O–H groups in total. The molecule has 7 heteroatoms. The average molecular weight is 265 g/mol. The van der Waals surface area contributed by atoms with Crippen LogP contribution in [0.4, 0.5) is 17.6 Å². The maximum atomic E-state index is 12.9. The Balaban J connectivity index is 2.27. The lowest BCUT2D eigenvalue weighted by atomic mass is 10.1. The van der Waals surface area contributed by atoms with Crippen molar-refractivity contribution < 1.29 is 27.0 Å². The van der Waals surface area contributed by atoms with Crippen LogP contribution in [0.3, 0.4) is 0 Å². The highest BCUT2D eigenvalue weighted by Gasteiger charge is 2.65. The smallest absolute Gasteiger partial charge is 0.421 e. The van der Waals surface area contributed by atoms with Crippen LogP contribution in [0, 0.1) is 0 Å². The summed E-state index contributed by atoms with van der Waals surface area (Å²) in [5.74, 6) is -0.765. The van der Waals surface area contributed by atoms with Gasteiger partial charge in [0.25, 0.3) is 0 Å². The molecule has 0 aromatic heterocycles. The summed E-state index contributed by atoms with van der Waals surface area (Å²) in [6, 6.07) is 4.00. The highest BCUT2D eigenvalue weighted by molar-refractivity contribution is 5.44. The summed E-state index contributed by atoms with van der Waals surface area (Å²) >= 11 is 0. The molecule has 0 radical (unpaired) electrons. The molecule has 3 nitrogen and oxygen atoms in total. The lowest BCUT2D eigenvalue weighted by Crippen LogP contribution is -2.52. The minimum absolute atomic E-state index is 0.375. The summed E-state index contributed by atoms with van der Waals surface area (Å²) in [5.41, 5.74) is 0.688. The molecule has 1 aromatic carbocycles. The van der Waals surface area contributed by atoms with Crippen molar-refractivity contribution in [2.24, 2.45) is 0 Å². The molecule has 18 heavy (non-hydrogen) atoms. The number of nitrogens with one attached hydrogen (secondary N) is 1. The molecule has 0 saturated carbocycles. The first kappa shape index (κ1) is 12.9. The first-order chi connectivity index (χ1) is 8.36. The van der Waals surface area contributed by atoms with Crippen LogP contribution in [-0.2, 0) is 6.42 Å². The molecule has 1 aromatic rings. The van der Waals surface area contributed by atoms with Gasteiger partial charge >= 0.3 is 12.2 Å². The second kappa shape index (κ2) is 4.31. The molecule has 1 aliphatic heterocycles. The van der Waals surface area contributed by atoms with Gasteiger partial charge in [0.05, 0.1) is 0 Å². The molecule has 0 spiro atoms. The summed E-state index contributed by atoms with van der Waals surface area (Å²) in [5, 5.41) is 2.89. The second-order valence-electron chi connectivity index (χ2n) is 3.87. The van der Waals surface area contributed by atoms with Crippen LogP contribution in [0.2, 0.25) is 0 Å². The third-order valence-corrected chi connectivity index (χ3v) is 2.49. The monoisotopic (exact) mass is 265 g/mol. The van der Waals surface area contributed by atoms with Crippen LogP contribution < -0.4 is 14.8 Å².